The van der Waals surface area contributed by atoms with Gasteiger partial charge in [-0.05, 0) is 30.7 Å². The first kappa shape index (κ1) is 17.2. The summed E-state index contributed by atoms with van der Waals surface area (Å²) >= 11 is 2.92. The Bertz CT molecular complexity index is 910. The van der Waals surface area contributed by atoms with Crippen molar-refractivity contribution in [1.82, 2.24) is 20.1 Å². The molecular weight excluding hydrogens is 375 g/mol. The van der Waals surface area contributed by atoms with Crippen LogP contribution in [0.5, 0.6) is 0 Å². The molecule has 1 aromatic carbocycles. The van der Waals surface area contributed by atoms with Gasteiger partial charge in [-0.25, -0.2) is 9.37 Å². The van der Waals surface area contributed by atoms with E-state index in [1.165, 1.54) is 35.2 Å². The fourth-order valence-corrected chi connectivity index (χ4v) is 4.23. The number of halogens is 1. The molecule has 1 fully saturated rings. The van der Waals surface area contributed by atoms with E-state index in [4.69, 9.17) is 4.42 Å². The van der Waals surface area contributed by atoms with Gasteiger partial charge in [-0.3, -0.25) is 4.79 Å². The maximum Gasteiger partial charge on any atom is 0.277 e. The van der Waals surface area contributed by atoms with E-state index in [2.05, 4.69) is 15.2 Å². The highest BCUT2D eigenvalue weighted by atomic mass is 32.2. The summed E-state index contributed by atoms with van der Waals surface area (Å²) in [5.41, 5.74) is 1.79. The van der Waals surface area contributed by atoms with Crippen LogP contribution >= 0.6 is 23.1 Å². The first-order chi connectivity index (χ1) is 12.7. The van der Waals surface area contributed by atoms with E-state index in [9.17, 15) is 9.18 Å². The van der Waals surface area contributed by atoms with Gasteiger partial charge in [-0.1, -0.05) is 11.8 Å². The van der Waals surface area contributed by atoms with Crippen LogP contribution in [-0.2, 0) is 17.1 Å². The van der Waals surface area contributed by atoms with Crippen LogP contribution < -0.4 is 0 Å². The van der Waals surface area contributed by atoms with E-state index in [0.29, 0.717) is 29.8 Å². The molecule has 4 rings (SSSR count). The van der Waals surface area contributed by atoms with Crippen LogP contribution in [0.25, 0.3) is 10.6 Å². The normalized spacial score (nSPS) is 14.3. The Morgan fingerprint density at radius 2 is 2.12 bits per heavy atom. The van der Waals surface area contributed by atoms with Crippen LogP contribution in [0.2, 0.25) is 0 Å². The highest BCUT2D eigenvalue weighted by Crippen LogP contribution is 2.28. The third-order valence-electron chi connectivity index (χ3n) is 3.93. The summed E-state index contributed by atoms with van der Waals surface area (Å²) < 4.78 is 18.6. The van der Waals surface area contributed by atoms with Crippen molar-refractivity contribution in [2.45, 2.75) is 30.4 Å². The Kier molecular flexibility index (Phi) is 4.98. The molecule has 2 aromatic heterocycles. The molecule has 0 saturated carbocycles. The summed E-state index contributed by atoms with van der Waals surface area (Å²) in [6.45, 7) is 1.12. The number of thioether (sulfide) groups is 1. The average molecular weight is 390 g/mol. The number of carbonyl (C=O) groups is 1. The standard InChI is InChI=1S/C17H15FN4O2S2/c18-12-5-3-11(4-6-12)16-19-13(9-25-16)10-26-17-21-20-14(24-17)8-22-7-1-2-15(22)23/h3-6,9H,1-2,7-8,10H2. The number of amides is 1. The Labute approximate surface area is 157 Å². The molecule has 0 spiro atoms. The van der Waals surface area contributed by atoms with Crippen LogP contribution in [-0.4, -0.2) is 32.5 Å². The maximum atomic E-state index is 13.0. The Balaban J connectivity index is 1.34. The summed E-state index contributed by atoms with van der Waals surface area (Å²) in [6, 6.07) is 6.29. The van der Waals surface area contributed by atoms with Crippen LogP contribution in [0, 0.1) is 5.82 Å². The topological polar surface area (TPSA) is 72.1 Å². The summed E-state index contributed by atoms with van der Waals surface area (Å²) in [5, 5.41) is 11.3. The van der Waals surface area contributed by atoms with E-state index < -0.39 is 0 Å². The van der Waals surface area contributed by atoms with Crippen molar-refractivity contribution in [3.8, 4) is 10.6 Å². The van der Waals surface area contributed by atoms with Gasteiger partial charge in [-0.15, -0.1) is 21.5 Å². The van der Waals surface area contributed by atoms with Gasteiger partial charge >= 0.3 is 0 Å². The lowest BCUT2D eigenvalue weighted by Crippen LogP contribution is -2.23. The smallest absolute Gasteiger partial charge is 0.277 e. The largest absolute Gasteiger partial charge is 0.414 e. The number of likely N-dealkylation sites (tertiary alicyclic amines) is 1. The molecule has 0 bridgehead atoms. The molecule has 6 nitrogen and oxygen atoms in total. The lowest BCUT2D eigenvalue weighted by Gasteiger charge is -2.11. The molecule has 1 saturated heterocycles. The molecule has 1 aliphatic rings. The zero-order valence-corrected chi connectivity index (χ0v) is 15.4. The highest BCUT2D eigenvalue weighted by molar-refractivity contribution is 7.98. The van der Waals surface area contributed by atoms with E-state index in [1.807, 2.05) is 5.38 Å². The molecule has 0 aliphatic carbocycles. The molecule has 3 heterocycles. The van der Waals surface area contributed by atoms with Crippen molar-refractivity contribution < 1.29 is 13.6 Å². The van der Waals surface area contributed by atoms with Crippen molar-refractivity contribution in [2.75, 3.05) is 6.54 Å². The number of nitrogens with zero attached hydrogens (tertiary/aromatic N) is 4. The highest BCUT2D eigenvalue weighted by Gasteiger charge is 2.22. The molecule has 0 radical (unpaired) electrons. The Hall–Kier alpha value is -2.26. The zero-order chi connectivity index (χ0) is 17.9. The van der Waals surface area contributed by atoms with Crippen molar-refractivity contribution >= 4 is 29.0 Å². The number of hydrogen-bond acceptors (Lipinski definition) is 7. The molecular formula is C17H15FN4O2S2. The fraction of sp³-hybridized carbons (Fsp3) is 0.294. The third-order valence-corrected chi connectivity index (χ3v) is 5.72. The summed E-state index contributed by atoms with van der Waals surface area (Å²) in [6.07, 6.45) is 1.48. The fourth-order valence-electron chi connectivity index (χ4n) is 2.63. The summed E-state index contributed by atoms with van der Waals surface area (Å²) in [5.74, 6) is 0.923. The molecule has 1 aliphatic heterocycles. The van der Waals surface area contributed by atoms with Gasteiger partial charge in [0.2, 0.25) is 11.8 Å². The molecule has 0 atom stereocenters. The maximum absolute atomic E-state index is 13.0. The van der Waals surface area contributed by atoms with E-state index in [0.717, 1.165) is 29.2 Å². The number of benzene rings is 1. The lowest BCUT2D eigenvalue weighted by molar-refractivity contribution is -0.128. The number of aromatic nitrogens is 3. The van der Waals surface area contributed by atoms with Gasteiger partial charge in [0.1, 0.15) is 10.8 Å². The monoisotopic (exact) mass is 390 g/mol. The number of hydrogen-bond donors (Lipinski definition) is 0. The number of rotatable bonds is 6. The lowest BCUT2D eigenvalue weighted by atomic mass is 10.2. The first-order valence-electron chi connectivity index (χ1n) is 8.11. The molecule has 134 valence electrons. The van der Waals surface area contributed by atoms with Gasteiger partial charge < -0.3 is 9.32 Å². The van der Waals surface area contributed by atoms with Crippen LogP contribution in [0.3, 0.4) is 0 Å². The van der Waals surface area contributed by atoms with Crippen LogP contribution in [0.1, 0.15) is 24.4 Å². The number of thiazole rings is 1. The van der Waals surface area contributed by atoms with Crippen molar-refractivity contribution in [3.05, 3.63) is 47.0 Å². The second kappa shape index (κ2) is 7.55. The van der Waals surface area contributed by atoms with E-state index >= 15 is 0 Å². The van der Waals surface area contributed by atoms with E-state index in [1.54, 1.807) is 17.0 Å². The predicted octanol–water partition coefficient (Wildman–Crippen LogP) is 3.75. The quantitative estimate of drug-likeness (QED) is 0.597. The number of carbonyl (C=O) groups excluding carboxylic acids is 1. The minimum absolute atomic E-state index is 0.133. The van der Waals surface area contributed by atoms with Crippen LogP contribution in [0.15, 0.2) is 39.3 Å². The second-order valence-corrected chi connectivity index (χ2v) is 7.60. The summed E-state index contributed by atoms with van der Waals surface area (Å²) in [7, 11) is 0. The van der Waals surface area contributed by atoms with Gasteiger partial charge in [0.15, 0.2) is 0 Å². The van der Waals surface area contributed by atoms with Gasteiger partial charge in [0.25, 0.3) is 5.22 Å². The van der Waals surface area contributed by atoms with Gasteiger partial charge in [-0.2, -0.15) is 0 Å². The van der Waals surface area contributed by atoms with Crippen molar-refractivity contribution in [2.24, 2.45) is 0 Å². The zero-order valence-electron chi connectivity index (χ0n) is 13.7. The molecule has 9 heteroatoms. The Morgan fingerprint density at radius 3 is 2.88 bits per heavy atom. The van der Waals surface area contributed by atoms with Crippen molar-refractivity contribution in [1.29, 1.82) is 0 Å². The van der Waals surface area contributed by atoms with Gasteiger partial charge in [0, 0.05) is 29.7 Å². The van der Waals surface area contributed by atoms with E-state index in [-0.39, 0.29) is 11.7 Å². The molecule has 26 heavy (non-hydrogen) atoms. The molecule has 1 amide bonds. The molecule has 0 N–H and O–H groups in total. The Morgan fingerprint density at radius 1 is 1.27 bits per heavy atom. The van der Waals surface area contributed by atoms with Crippen molar-refractivity contribution in [3.63, 3.8) is 0 Å². The first-order valence-corrected chi connectivity index (χ1v) is 9.97. The summed E-state index contributed by atoms with van der Waals surface area (Å²) in [4.78, 5) is 17.9. The van der Waals surface area contributed by atoms with Crippen LogP contribution in [0.4, 0.5) is 4.39 Å². The average Bonchev–Trinajstić information content (AvgIpc) is 3.37. The molecule has 3 aromatic rings. The minimum atomic E-state index is -0.260. The SMILES string of the molecule is O=C1CCCN1Cc1nnc(SCc2csc(-c3ccc(F)cc3)n2)o1. The minimum Gasteiger partial charge on any atom is -0.414 e. The second-order valence-electron chi connectivity index (χ2n) is 5.82. The third kappa shape index (κ3) is 3.94. The van der Waals surface area contributed by atoms with Gasteiger partial charge in [0.05, 0.1) is 12.2 Å². The predicted molar refractivity (Wildman–Crippen MR) is 96.0 cm³/mol. The molecule has 0 unspecified atom stereocenters.